The molecule has 0 aliphatic heterocycles. The Balaban J connectivity index is 2.74. The summed E-state index contributed by atoms with van der Waals surface area (Å²) in [7, 11) is 0. The molecule has 1 unspecified atom stereocenters. The number of carbonyl (C=O) groups is 2. The Morgan fingerprint density at radius 1 is 1.52 bits per heavy atom. The molecule has 0 saturated carbocycles. The fourth-order valence-corrected chi connectivity index (χ4v) is 1.44. The molecular formula is C15H16FNO4. The molecule has 0 aliphatic carbocycles. The third-order valence-corrected chi connectivity index (χ3v) is 2.47. The quantitative estimate of drug-likeness (QED) is 0.595. The van der Waals surface area contributed by atoms with Gasteiger partial charge in [-0.2, -0.15) is 0 Å². The van der Waals surface area contributed by atoms with Crippen LogP contribution in [0.1, 0.15) is 12.5 Å². The molecule has 0 fully saturated rings. The van der Waals surface area contributed by atoms with Crippen molar-refractivity contribution in [2.75, 3.05) is 6.54 Å². The van der Waals surface area contributed by atoms with E-state index in [1.54, 1.807) is 0 Å². The number of ether oxygens (including phenoxy) is 1. The Labute approximate surface area is 121 Å². The Kier molecular flexibility index (Phi) is 6.13. The summed E-state index contributed by atoms with van der Waals surface area (Å²) in [4.78, 5) is 22.0. The standard InChI is InChI=1S/C15H16FNO4/c1-3-8-17-15(20)10(2)21-13-6-4-11(9-12(13)16)5-7-14(18)19/h3-7,9-10H,1,8H2,2H3,(H,17,20)(H,18,19)/b7-5+. The van der Waals surface area contributed by atoms with Crippen LogP contribution in [0.15, 0.2) is 36.9 Å². The molecule has 21 heavy (non-hydrogen) atoms. The molecule has 0 bridgehead atoms. The van der Waals surface area contributed by atoms with Crippen LogP contribution in [-0.2, 0) is 9.59 Å². The second-order valence-corrected chi connectivity index (χ2v) is 4.16. The summed E-state index contributed by atoms with van der Waals surface area (Å²) < 4.78 is 19.0. The Bertz CT molecular complexity index is 569. The second kappa shape index (κ2) is 7.84. The third-order valence-electron chi connectivity index (χ3n) is 2.47. The first-order valence-corrected chi connectivity index (χ1v) is 6.20. The molecule has 5 nitrogen and oxygen atoms in total. The molecule has 0 heterocycles. The number of halogens is 1. The van der Waals surface area contributed by atoms with Crippen molar-refractivity contribution in [2.45, 2.75) is 13.0 Å². The maximum absolute atomic E-state index is 13.8. The fraction of sp³-hybridized carbons (Fsp3) is 0.200. The SMILES string of the molecule is C=CCNC(=O)C(C)Oc1ccc(/C=C/C(=O)O)cc1F. The minimum atomic E-state index is -1.12. The monoisotopic (exact) mass is 293 g/mol. The van der Waals surface area contributed by atoms with Gasteiger partial charge in [-0.05, 0) is 30.7 Å². The minimum absolute atomic E-state index is 0.0799. The number of nitrogens with one attached hydrogen (secondary N) is 1. The van der Waals surface area contributed by atoms with Crippen molar-refractivity contribution < 1.29 is 23.8 Å². The lowest BCUT2D eigenvalue weighted by molar-refractivity contribution is -0.131. The van der Waals surface area contributed by atoms with Crippen molar-refractivity contribution in [3.63, 3.8) is 0 Å². The molecular weight excluding hydrogens is 277 g/mol. The largest absolute Gasteiger partial charge is 0.478 e. The number of carboxylic acid groups (broad SMARTS) is 1. The highest BCUT2D eigenvalue weighted by Crippen LogP contribution is 2.20. The highest BCUT2D eigenvalue weighted by molar-refractivity contribution is 5.85. The van der Waals surface area contributed by atoms with Gasteiger partial charge < -0.3 is 15.2 Å². The van der Waals surface area contributed by atoms with Crippen LogP contribution in [-0.4, -0.2) is 29.6 Å². The van der Waals surface area contributed by atoms with E-state index in [0.29, 0.717) is 12.1 Å². The first-order chi connectivity index (χ1) is 9.93. The zero-order chi connectivity index (χ0) is 15.8. The van der Waals surface area contributed by atoms with Crippen molar-refractivity contribution in [3.8, 4) is 5.75 Å². The van der Waals surface area contributed by atoms with E-state index in [1.165, 1.54) is 31.2 Å². The average Bonchev–Trinajstić information content (AvgIpc) is 2.44. The van der Waals surface area contributed by atoms with Crippen LogP contribution in [0.2, 0.25) is 0 Å². The molecule has 112 valence electrons. The Morgan fingerprint density at radius 2 is 2.24 bits per heavy atom. The van der Waals surface area contributed by atoms with Crippen molar-refractivity contribution >= 4 is 18.0 Å². The van der Waals surface area contributed by atoms with Crippen LogP contribution < -0.4 is 10.1 Å². The molecule has 1 rings (SSSR count). The number of carboxylic acids is 1. The predicted octanol–water partition coefficient (Wildman–Crippen LogP) is 1.99. The lowest BCUT2D eigenvalue weighted by Crippen LogP contribution is -2.36. The third kappa shape index (κ3) is 5.48. The number of hydrogen-bond donors (Lipinski definition) is 2. The molecule has 0 aromatic heterocycles. The van der Waals surface area contributed by atoms with Gasteiger partial charge in [0.15, 0.2) is 17.7 Å². The van der Waals surface area contributed by atoms with E-state index in [4.69, 9.17) is 9.84 Å². The fourth-order valence-electron chi connectivity index (χ4n) is 1.44. The van der Waals surface area contributed by atoms with E-state index in [0.717, 1.165) is 12.1 Å². The molecule has 0 aliphatic rings. The van der Waals surface area contributed by atoms with Gasteiger partial charge in [0.2, 0.25) is 0 Å². The molecule has 1 aromatic rings. The summed E-state index contributed by atoms with van der Waals surface area (Å²) in [6.45, 7) is 5.26. The highest BCUT2D eigenvalue weighted by atomic mass is 19.1. The van der Waals surface area contributed by atoms with Crippen LogP contribution in [0.4, 0.5) is 4.39 Å². The second-order valence-electron chi connectivity index (χ2n) is 4.16. The summed E-state index contributed by atoms with van der Waals surface area (Å²) in [5, 5.41) is 11.0. The zero-order valence-electron chi connectivity index (χ0n) is 11.5. The van der Waals surface area contributed by atoms with E-state index >= 15 is 0 Å². The zero-order valence-corrected chi connectivity index (χ0v) is 11.5. The van der Waals surface area contributed by atoms with Crippen LogP contribution in [0.3, 0.4) is 0 Å². The lowest BCUT2D eigenvalue weighted by atomic mass is 10.2. The summed E-state index contributed by atoms with van der Waals surface area (Å²) in [5.41, 5.74) is 0.381. The summed E-state index contributed by atoms with van der Waals surface area (Å²) in [5.74, 6) is -2.26. The van der Waals surface area contributed by atoms with Gasteiger partial charge in [-0.3, -0.25) is 4.79 Å². The molecule has 0 radical (unpaired) electrons. The number of aliphatic carboxylic acids is 1. The molecule has 2 N–H and O–H groups in total. The lowest BCUT2D eigenvalue weighted by Gasteiger charge is -2.14. The van der Waals surface area contributed by atoms with Gasteiger partial charge in [0.05, 0.1) is 0 Å². The topological polar surface area (TPSA) is 75.6 Å². The van der Waals surface area contributed by atoms with E-state index in [9.17, 15) is 14.0 Å². The number of benzene rings is 1. The number of amides is 1. The first kappa shape index (κ1) is 16.4. The van der Waals surface area contributed by atoms with Crippen molar-refractivity contribution in [1.29, 1.82) is 0 Å². The molecule has 1 atom stereocenters. The Hall–Kier alpha value is -2.63. The smallest absolute Gasteiger partial charge is 0.328 e. The van der Waals surface area contributed by atoms with Crippen molar-refractivity contribution in [1.82, 2.24) is 5.32 Å². The summed E-state index contributed by atoms with van der Waals surface area (Å²) in [6, 6.07) is 3.96. The molecule has 0 saturated heterocycles. The maximum atomic E-state index is 13.8. The van der Waals surface area contributed by atoms with Crippen LogP contribution in [0.25, 0.3) is 6.08 Å². The number of rotatable bonds is 7. The van der Waals surface area contributed by atoms with E-state index in [-0.39, 0.29) is 11.7 Å². The van der Waals surface area contributed by atoms with Gasteiger partial charge in [0.1, 0.15) is 0 Å². The van der Waals surface area contributed by atoms with Gasteiger partial charge in [0, 0.05) is 12.6 Å². The molecule has 1 amide bonds. The molecule has 0 spiro atoms. The van der Waals surface area contributed by atoms with Crippen molar-refractivity contribution in [3.05, 3.63) is 48.3 Å². The molecule has 6 heteroatoms. The van der Waals surface area contributed by atoms with Gasteiger partial charge in [0.25, 0.3) is 5.91 Å². The Morgan fingerprint density at radius 3 is 2.81 bits per heavy atom. The normalized spacial score (nSPS) is 11.9. The van der Waals surface area contributed by atoms with E-state index < -0.39 is 17.9 Å². The average molecular weight is 293 g/mol. The predicted molar refractivity (Wildman–Crippen MR) is 76.4 cm³/mol. The summed E-state index contributed by atoms with van der Waals surface area (Å²) in [6.07, 6.45) is 2.82. The van der Waals surface area contributed by atoms with E-state index in [1.807, 2.05) is 0 Å². The minimum Gasteiger partial charge on any atom is -0.478 e. The van der Waals surface area contributed by atoms with Crippen LogP contribution >= 0.6 is 0 Å². The van der Waals surface area contributed by atoms with Gasteiger partial charge in [-0.15, -0.1) is 6.58 Å². The number of carbonyl (C=O) groups excluding carboxylic acids is 1. The van der Waals surface area contributed by atoms with Crippen LogP contribution in [0.5, 0.6) is 5.75 Å². The van der Waals surface area contributed by atoms with E-state index in [2.05, 4.69) is 11.9 Å². The first-order valence-electron chi connectivity index (χ1n) is 6.20. The van der Waals surface area contributed by atoms with Gasteiger partial charge >= 0.3 is 5.97 Å². The van der Waals surface area contributed by atoms with Gasteiger partial charge in [-0.25, -0.2) is 9.18 Å². The van der Waals surface area contributed by atoms with Gasteiger partial charge in [-0.1, -0.05) is 12.1 Å². The summed E-state index contributed by atoms with van der Waals surface area (Å²) >= 11 is 0. The maximum Gasteiger partial charge on any atom is 0.328 e. The van der Waals surface area contributed by atoms with Crippen molar-refractivity contribution in [2.24, 2.45) is 0 Å². The van der Waals surface area contributed by atoms with Crippen LogP contribution in [0, 0.1) is 5.82 Å². The highest BCUT2D eigenvalue weighted by Gasteiger charge is 2.15. The number of hydrogen-bond acceptors (Lipinski definition) is 3. The molecule has 1 aromatic carbocycles.